The average Bonchev–Trinajstić information content (AvgIpc) is 2.39. The van der Waals surface area contributed by atoms with E-state index in [4.69, 9.17) is 4.74 Å². The number of halogens is 1. The van der Waals surface area contributed by atoms with Crippen molar-refractivity contribution >= 4 is 5.82 Å². The predicted octanol–water partition coefficient (Wildman–Crippen LogP) is 2.33. The first-order chi connectivity index (χ1) is 8.22. The summed E-state index contributed by atoms with van der Waals surface area (Å²) in [5.41, 5.74) is 0.738. The van der Waals surface area contributed by atoms with Gasteiger partial charge < -0.3 is 10.1 Å². The molecular formula is C12H12FN3O. The van der Waals surface area contributed by atoms with Crippen LogP contribution in [-0.4, -0.2) is 24.1 Å². The first-order valence-electron chi connectivity index (χ1n) is 5.09. The van der Waals surface area contributed by atoms with Gasteiger partial charge in [0.05, 0.1) is 7.11 Å². The maximum absolute atomic E-state index is 12.8. The Labute approximate surface area is 98.5 Å². The normalized spacial score (nSPS) is 10.1. The standard InChI is InChI=1S/C12H12FN3O/c1-14-10-7-11(17-2)16-12(15-10)8-3-5-9(13)6-4-8/h3-7H,1-2H3,(H,14,15,16). The van der Waals surface area contributed by atoms with E-state index >= 15 is 0 Å². The maximum Gasteiger partial charge on any atom is 0.218 e. The Morgan fingerprint density at radius 2 is 1.88 bits per heavy atom. The summed E-state index contributed by atoms with van der Waals surface area (Å²) in [5, 5.41) is 2.92. The van der Waals surface area contributed by atoms with E-state index in [-0.39, 0.29) is 5.82 Å². The molecule has 0 amide bonds. The Kier molecular flexibility index (Phi) is 3.18. The molecule has 0 aliphatic carbocycles. The van der Waals surface area contributed by atoms with Gasteiger partial charge in [0, 0.05) is 18.7 Å². The van der Waals surface area contributed by atoms with Gasteiger partial charge in [-0.2, -0.15) is 4.98 Å². The van der Waals surface area contributed by atoms with Crippen LogP contribution in [0.1, 0.15) is 0 Å². The van der Waals surface area contributed by atoms with Crippen molar-refractivity contribution in [3.63, 3.8) is 0 Å². The summed E-state index contributed by atoms with van der Waals surface area (Å²) in [4.78, 5) is 8.48. The fourth-order valence-corrected chi connectivity index (χ4v) is 1.39. The van der Waals surface area contributed by atoms with E-state index in [0.29, 0.717) is 17.5 Å². The fraction of sp³-hybridized carbons (Fsp3) is 0.167. The van der Waals surface area contributed by atoms with Gasteiger partial charge in [0.2, 0.25) is 5.88 Å². The van der Waals surface area contributed by atoms with Gasteiger partial charge in [-0.3, -0.25) is 0 Å². The molecule has 0 aliphatic heterocycles. The number of nitrogens with zero attached hydrogens (tertiary/aromatic N) is 2. The summed E-state index contributed by atoms with van der Waals surface area (Å²) in [6, 6.07) is 7.69. The van der Waals surface area contributed by atoms with Gasteiger partial charge in [0.1, 0.15) is 11.6 Å². The number of aromatic nitrogens is 2. The molecule has 1 N–H and O–H groups in total. The van der Waals surface area contributed by atoms with E-state index < -0.39 is 0 Å². The molecule has 1 heterocycles. The highest BCUT2D eigenvalue weighted by molar-refractivity contribution is 5.58. The third-order valence-corrected chi connectivity index (χ3v) is 2.27. The molecule has 1 aromatic carbocycles. The number of hydrogen-bond donors (Lipinski definition) is 1. The molecule has 0 bridgehead atoms. The van der Waals surface area contributed by atoms with Crippen molar-refractivity contribution in [1.29, 1.82) is 0 Å². The summed E-state index contributed by atoms with van der Waals surface area (Å²) < 4.78 is 17.9. The van der Waals surface area contributed by atoms with E-state index in [0.717, 1.165) is 5.56 Å². The van der Waals surface area contributed by atoms with Crippen LogP contribution >= 0.6 is 0 Å². The number of anilines is 1. The van der Waals surface area contributed by atoms with E-state index in [1.807, 2.05) is 0 Å². The molecule has 88 valence electrons. The van der Waals surface area contributed by atoms with Crippen LogP contribution in [0.2, 0.25) is 0 Å². The van der Waals surface area contributed by atoms with Crippen molar-refractivity contribution in [2.24, 2.45) is 0 Å². The zero-order chi connectivity index (χ0) is 12.3. The lowest BCUT2D eigenvalue weighted by atomic mass is 10.2. The van der Waals surface area contributed by atoms with Crippen LogP contribution in [0.25, 0.3) is 11.4 Å². The van der Waals surface area contributed by atoms with Crippen molar-refractivity contribution < 1.29 is 9.13 Å². The van der Waals surface area contributed by atoms with Crippen LogP contribution in [0.15, 0.2) is 30.3 Å². The van der Waals surface area contributed by atoms with Gasteiger partial charge in [0.15, 0.2) is 5.82 Å². The molecule has 0 radical (unpaired) electrons. The summed E-state index contributed by atoms with van der Waals surface area (Å²) in [6.45, 7) is 0. The molecule has 5 heteroatoms. The zero-order valence-corrected chi connectivity index (χ0v) is 9.57. The second-order valence-electron chi connectivity index (χ2n) is 3.38. The monoisotopic (exact) mass is 233 g/mol. The molecular weight excluding hydrogens is 221 g/mol. The lowest BCUT2D eigenvalue weighted by molar-refractivity contribution is 0.398. The van der Waals surface area contributed by atoms with Gasteiger partial charge in [0.25, 0.3) is 0 Å². The topological polar surface area (TPSA) is 47.0 Å². The van der Waals surface area contributed by atoms with Gasteiger partial charge in [-0.25, -0.2) is 9.37 Å². The number of benzene rings is 1. The molecule has 17 heavy (non-hydrogen) atoms. The van der Waals surface area contributed by atoms with Crippen LogP contribution < -0.4 is 10.1 Å². The first kappa shape index (κ1) is 11.3. The summed E-state index contributed by atoms with van der Waals surface area (Å²) in [6.07, 6.45) is 0. The number of ether oxygens (including phenoxy) is 1. The quantitative estimate of drug-likeness (QED) is 0.883. The molecule has 0 spiro atoms. The SMILES string of the molecule is CNc1cc(OC)nc(-c2ccc(F)cc2)n1. The van der Waals surface area contributed by atoms with Crippen molar-refractivity contribution in [3.05, 3.63) is 36.1 Å². The second-order valence-corrected chi connectivity index (χ2v) is 3.38. The van der Waals surface area contributed by atoms with E-state index in [9.17, 15) is 4.39 Å². The molecule has 0 unspecified atom stereocenters. The molecule has 0 aliphatic rings. The summed E-state index contributed by atoms with van der Waals surface area (Å²) >= 11 is 0. The number of hydrogen-bond acceptors (Lipinski definition) is 4. The first-order valence-corrected chi connectivity index (χ1v) is 5.09. The molecule has 4 nitrogen and oxygen atoms in total. The number of nitrogens with one attached hydrogen (secondary N) is 1. The third kappa shape index (κ3) is 2.50. The molecule has 2 aromatic rings. The van der Waals surface area contributed by atoms with Gasteiger partial charge in [-0.05, 0) is 24.3 Å². The van der Waals surface area contributed by atoms with Crippen LogP contribution in [0, 0.1) is 5.82 Å². The van der Waals surface area contributed by atoms with E-state index in [1.165, 1.54) is 19.2 Å². The fourth-order valence-electron chi connectivity index (χ4n) is 1.39. The Morgan fingerprint density at radius 3 is 2.47 bits per heavy atom. The lowest BCUT2D eigenvalue weighted by Crippen LogP contribution is -1.99. The van der Waals surface area contributed by atoms with Crippen LogP contribution in [-0.2, 0) is 0 Å². The van der Waals surface area contributed by atoms with Crippen LogP contribution in [0.3, 0.4) is 0 Å². The Hall–Kier alpha value is -2.17. The zero-order valence-electron chi connectivity index (χ0n) is 9.57. The minimum absolute atomic E-state index is 0.287. The highest BCUT2D eigenvalue weighted by Crippen LogP contribution is 2.21. The summed E-state index contributed by atoms with van der Waals surface area (Å²) in [7, 11) is 3.30. The molecule has 1 aromatic heterocycles. The van der Waals surface area contributed by atoms with Crippen molar-refractivity contribution in [3.8, 4) is 17.3 Å². The van der Waals surface area contributed by atoms with Crippen molar-refractivity contribution in [2.45, 2.75) is 0 Å². The Bertz CT molecular complexity index is 491. The van der Waals surface area contributed by atoms with Crippen molar-refractivity contribution in [1.82, 2.24) is 9.97 Å². The smallest absolute Gasteiger partial charge is 0.218 e. The maximum atomic E-state index is 12.8. The van der Waals surface area contributed by atoms with Gasteiger partial charge in [-0.15, -0.1) is 0 Å². The second kappa shape index (κ2) is 4.78. The minimum atomic E-state index is -0.287. The predicted molar refractivity (Wildman–Crippen MR) is 63.5 cm³/mol. The number of rotatable bonds is 3. The molecule has 0 saturated carbocycles. The Balaban J connectivity index is 2.46. The Morgan fingerprint density at radius 1 is 1.18 bits per heavy atom. The summed E-state index contributed by atoms with van der Waals surface area (Å²) in [5.74, 6) is 1.32. The van der Waals surface area contributed by atoms with Gasteiger partial charge in [-0.1, -0.05) is 0 Å². The molecule has 0 fully saturated rings. The average molecular weight is 233 g/mol. The van der Waals surface area contributed by atoms with E-state index in [2.05, 4.69) is 15.3 Å². The highest BCUT2D eigenvalue weighted by Gasteiger charge is 2.06. The lowest BCUT2D eigenvalue weighted by Gasteiger charge is -2.06. The minimum Gasteiger partial charge on any atom is -0.481 e. The number of methoxy groups -OCH3 is 1. The third-order valence-electron chi connectivity index (χ3n) is 2.27. The van der Waals surface area contributed by atoms with Crippen molar-refractivity contribution in [2.75, 3.05) is 19.5 Å². The van der Waals surface area contributed by atoms with Crippen LogP contribution in [0.4, 0.5) is 10.2 Å². The largest absolute Gasteiger partial charge is 0.481 e. The van der Waals surface area contributed by atoms with Crippen LogP contribution in [0.5, 0.6) is 5.88 Å². The van der Waals surface area contributed by atoms with E-state index in [1.54, 1.807) is 25.2 Å². The highest BCUT2D eigenvalue weighted by atomic mass is 19.1. The molecule has 2 rings (SSSR count). The van der Waals surface area contributed by atoms with Gasteiger partial charge >= 0.3 is 0 Å². The molecule has 0 saturated heterocycles. The molecule has 0 atom stereocenters.